The average Bonchev–Trinajstić information content (AvgIpc) is 2.34. The maximum absolute atomic E-state index is 13.5. The van der Waals surface area contributed by atoms with Crippen molar-refractivity contribution in [3.63, 3.8) is 0 Å². The van der Waals surface area contributed by atoms with Crippen LogP contribution in [0.2, 0.25) is 0 Å². The van der Waals surface area contributed by atoms with Crippen molar-refractivity contribution in [2.45, 2.75) is 0 Å². The minimum absolute atomic E-state index is 0.284. The summed E-state index contributed by atoms with van der Waals surface area (Å²) in [6.45, 7) is 6.08. The third kappa shape index (κ3) is 3.58. The van der Waals surface area contributed by atoms with Crippen LogP contribution in [0.1, 0.15) is 0 Å². The van der Waals surface area contributed by atoms with Gasteiger partial charge in [-0.3, -0.25) is 4.90 Å². The number of anilines is 2. The van der Waals surface area contributed by atoms with Crippen molar-refractivity contribution < 1.29 is 4.39 Å². The summed E-state index contributed by atoms with van der Waals surface area (Å²) >= 11 is 0. The quantitative estimate of drug-likeness (QED) is 0.787. The largest absolute Gasteiger partial charge is 0.399 e. The normalized spacial score (nSPS) is 17.9. The third-order valence-corrected chi connectivity index (χ3v) is 3.33. The number of nitrogens with zero attached hydrogens (tertiary/aromatic N) is 2. The summed E-state index contributed by atoms with van der Waals surface area (Å²) in [6, 6.07) is 4.74. The Kier molecular flexibility index (Phi) is 4.38. The Labute approximate surface area is 108 Å². The number of rotatable bonds is 4. The summed E-state index contributed by atoms with van der Waals surface area (Å²) < 4.78 is 13.5. The van der Waals surface area contributed by atoms with Gasteiger partial charge in [-0.15, -0.1) is 0 Å². The van der Waals surface area contributed by atoms with Crippen LogP contribution in [0.5, 0.6) is 0 Å². The molecule has 4 nitrogen and oxygen atoms in total. The first-order valence-corrected chi connectivity index (χ1v) is 6.35. The minimum Gasteiger partial charge on any atom is -0.399 e. The van der Waals surface area contributed by atoms with E-state index in [9.17, 15) is 4.39 Å². The molecule has 1 aliphatic heterocycles. The molecule has 0 spiro atoms. The highest BCUT2D eigenvalue weighted by molar-refractivity contribution is 5.52. The van der Waals surface area contributed by atoms with Gasteiger partial charge in [0.2, 0.25) is 0 Å². The fraction of sp³-hybridized carbons (Fsp3) is 0.538. The first-order valence-electron chi connectivity index (χ1n) is 6.35. The first-order chi connectivity index (χ1) is 8.65. The van der Waals surface area contributed by atoms with Crippen LogP contribution >= 0.6 is 0 Å². The van der Waals surface area contributed by atoms with Crippen molar-refractivity contribution in [2.75, 3.05) is 57.4 Å². The highest BCUT2D eigenvalue weighted by Crippen LogP contribution is 2.16. The summed E-state index contributed by atoms with van der Waals surface area (Å²) in [6.07, 6.45) is 0. The number of piperazine rings is 1. The highest BCUT2D eigenvalue weighted by atomic mass is 19.1. The fourth-order valence-electron chi connectivity index (χ4n) is 2.09. The molecule has 0 aliphatic carbocycles. The molecule has 1 fully saturated rings. The topological polar surface area (TPSA) is 44.5 Å². The lowest BCUT2D eigenvalue weighted by molar-refractivity contribution is 0.158. The van der Waals surface area contributed by atoms with Crippen LogP contribution in [0.25, 0.3) is 0 Å². The number of nitrogen functional groups attached to an aromatic ring is 1. The molecular weight excluding hydrogens is 231 g/mol. The molecule has 2 rings (SSSR count). The summed E-state index contributed by atoms with van der Waals surface area (Å²) in [5.41, 5.74) is 6.49. The van der Waals surface area contributed by atoms with Gasteiger partial charge in [0, 0.05) is 45.0 Å². The molecule has 0 unspecified atom stereocenters. The summed E-state index contributed by atoms with van der Waals surface area (Å²) in [4.78, 5) is 4.71. The Morgan fingerprint density at radius 3 is 2.67 bits per heavy atom. The van der Waals surface area contributed by atoms with Gasteiger partial charge in [-0.2, -0.15) is 0 Å². The standard InChI is InChI=1S/C13H21FN4/c1-17-6-8-18(9-7-17)5-4-16-13-3-2-11(15)10-12(13)14/h2-3,10,16H,4-9,15H2,1H3. The molecular formula is C13H21FN4. The van der Waals surface area contributed by atoms with Crippen molar-refractivity contribution in [1.82, 2.24) is 9.80 Å². The third-order valence-electron chi connectivity index (χ3n) is 3.33. The van der Waals surface area contributed by atoms with Gasteiger partial charge in [-0.25, -0.2) is 4.39 Å². The number of nitrogens with one attached hydrogen (secondary N) is 1. The van der Waals surface area contributed by atoms with E-state index < -0.39 is 0 Å². The van der Waals surface area contributed by atoms with Gasteiger partial charge < -0.3 is 16.0 Å². The van der Waals surface area contributed by atoms with Crippen molar-refractivity contribution in [3.8, 4) is 0 Å². The smallest absolute Gasteiger partial charge is 0.148 e. The zero-order valence-electron chi connectivity index (χ0n) is 10.8. The second-order valence-corrected chi connectivity index (χ2v) is 4.81. The van der Waals surface area contributed by atoms with Crippen LogP contribution in [0, 0.1) is 5.82 Å². The number of nitrogens with two attached hydrogens (primary N) is 1. The lowest BCUT2D eigenvalue weighted by Gasteiger charge is -2.32. The van der Waals surface area contributed by atoms with Crippen LogP contribution < -0.4 is 11.1 Å². The van der Waals surface area contributed by atoms with E-state index in [1.54, 1.807) is 12.1 Å². The maximum atomic E-state index is 13.5. The molecule has 0 aromatic heterocycles. The molecule has 0 saturated carbocycles. The molecule has 1 aromatic carbocycles. The molecule has 0 bridgehead atoms. The first kappa shape index (κ1) is 13.1. The molecule has 0 radical (unpaired) electrons. The number of hydrogen-bond acceptors (Lipinski definition) is 4. The molecule has 100 valence electrons. The highest BCUT2D eigenvalue weighted by Gasteiger charge is 2.12. The lowest BCUT2D eigenvalue weighted by Crippen LogP contribution is -2.45. The van der Waals surface area contributed by atoms with E-state index in [4.69, 9.17) is 5.73 Å². The van der Waals surface area contributed by atoms with Gasteiger partial charge in [0.05, 0.1) is 5.69 Å². The fourth-order valence-corrected chi connectivity index (χ4v) is 2.09. The van der Waals surface area contributed by atoms with Gasteiger partial charge in [0.15, 0.2) is 0 Å². The van der Waals surface area contributed by atoms with Crippen molar-refractivity contribution in [3.05, 3.63) is 24.0 Å². The van der Waals surface area contributed by atoms with Crippen LogP contribution in [-0.2, 0) is 0 Å². The second kappa shape index (κ2) is 6.02. The maximum Gasteiger partial charge on any atom is 0.148 e. The van der Waals surface area contributed by atoms with E-state index in [0.29, 0.717) is 11.4 Å². The summed E-state index contributed by atoms with van der Waals surface area (Å²) in [7, 11) is 2.14. The van der Waals surface area contributed by atoms with Crippen molar-refractivity contribution in [2.24, 2.45) is 0 Å². The predicted octanol–water partition coefficient (Wildman–Crippen LogP) is 1.07. The van der Waals surface area contributed by atoms with Crippen LogP contribution in [-0.4, -0.2) is 56.1 Å². The molecule has 1 aliphatic rings. The molecule has 0 atom stereocenters. The van der Waals surface area contributed by atoms with Gasteiger partial charge in [0.1, 0.15) is 5.82 Å². The number of hydrogen-bond donors (Lipinski definition) is 2. The van der Waals surface area contributed by atoms with Gasteiger partial charge in [0.25, 0.3) is 0 Å². The van der Waals surface area contributed by atoms with Crippen LogP contribution in [0.15, 0.2) is 18.2 Å². The van der Waals surface area contributed by atoms with Crippen molar-refractivity contribution >= 4 is 11.4 Å². The Bertz CT molecular complexity index is 389. The minimum atomic E-state index is -0.284. The second-order valence-electron chi connectivity index (χ2n) is 4.81. The van der Waals surface area contributed by atoms with E-state index in [1.165, 1.54) is 6.07 Å². The van der Waals surface area contributed by atoms with Crippen molar-refractivity contribution in [1.29, 1.82) is 0 Å². The van der Waals surface area contributed by atoms with E-state index in [1.807, 2.05) is 0 Å². The van der Waals surface area contributed by atoms with Gasteiger partial charge in [-0.05, 0) is 25.2 Å². The molecule has 3 N–H and O–H groups in total. The molecule has 1 saturated heterocycles. The Balaban J connectivity index is 1.75. The molecule has 1 heterocycles. The van der Waals surface area contributed by atoms with Crippen LogP contribution in [0.4, 0.5) is 15.8 Å². The number of halogens is 1. The van der Waals surface area contributed by atoms with E-state index in [0.717, 1.165) is 39.3 Å². The molecule has 18 heavy (non-hydrogen) atoms. The zero-order valence-corrected chi connectivity index (χ0v) is 10.8. The lowest BCUT2D eigenvalue weighted by atomic mass is 10.2. The van der Waals surface area contributed by atoms with E-state index in [-0.39, 0.29) is 5.82 Å². The number of benzene rings is 1. The monoisotopic (exact) mass is 252 g/mol. The average molecular weight is 252 g/mol. The van der Waals surface area contributed by atoms with E-state index in [2.05, 4.69) is 22.2 Å². The Morgan fingerprint density at radius 1 is 1.28 bits per heavy atom. The zero-order chi connectivity index (χ0) is 13.0. The predicted molar refractivity (Wildman–Crippen MR) is 73.2 cm³/mol. The molecule has 5 heteroatoms. The van der Waals surface area contributed by atoms with Gasteiger partial charge in [-0.1, -0.05) is 0 Å². The SMILES string of the molecule is CN1CCN(CCNc2ccc(N)cc2F)CC1. The number of likely N-dealkylation sites (N-methyl/N-ethyl adjacent to an activating group) is 1. The van der Waals surface area contributed by atoms with E-state index >= 15 is 0 Å². The Morgan fingerprint density at radius 2 is 2.00 bits per heavy atom. The summed E-state index contributed by atoms with van der Waals surface area (Å²) in [5, 5.41) is 3.11. The summed E-state index contributed by atoms with van der Waals surface area (Å²) in [5.74, 6) is -0.284. The van der Waals surface area contributed by atoms with Gasteiger partial charge >= 0.3 is 0 Å². The molecule has 0 amide bonds. The van der Waals surface area contributed by atoms with Crippen LogP contribution in [0.3, 0.4) is 0 Å². The molecule has 1 aromatic rings. The Hall–Kier alpha value is -1.33.